The fourth-order valence-corrected chi connectivity index (χ4v) is 3.57. The van der Waals surface area contributed by atoms with E-state index in [4.69, 9.17) is 9.57 Å². The molecule has 1 heterocycles. The van der Waals surface area contributed by atoms with Crippen molar-refractivity contribution in [2.24, 2.45) is 5.16 Å². The van der Waals surface area contributed by atoms with Gasteiger partial charge < -0.3 is 14.1 Å². The largest absolute Gasteiger partial charge is 0.380 e. The van der Waals surface area contributed by atoms with Crippen molar-refractivity contribution in [3.05, 3.63) is 52.1 Å². The number of hydrogen-bond donors (Lipinski definition) is 0. The molecule has 1 aromatic heterocycles. The van der Waals surface area contributed by atoms with Crippen LogP contribution in [0.4, 0.5) is 5.69 Å². The highest BCUT2D eigenvalue weighted by molar-refractivity contribution is 6.12. The predicted molar refractivity (Wildman–Crippen MR) is 120 cm³/mol. The zero-order valence-electron chi connectivity index (χ0n) is 18.1. The molecule has 0 bridgehead atoms. The average molecular weight is 425 g/mol. The van der Waals surface area contributed by atoms with E-state index in [1.807, 2.05) is 18.2 Å². The minimum atomic E-state index is -0.494. The molecular formula is C23H27N3O5. The molecule has 8 heteroatoms. The number of oxime groups is 1. The second kappa shape index (κ2) is 10.2. The van der Waals surface area contributed by atoms with E-state index in [-0.39, 0.29) is 5.69 Å². The van der Waals surface area contributed by atoms with Gasteiger partial charge in [0.25, 0.3) is 5.69 Å². The maximum atomic E-state index is 11.3. The third-order valence-corrected chi connectivity index (χ3v) is 5.14. The number of carbonyl (C=O) groups excluding carboxylic acids is 1. The van der Waals surface area contributed by atoms with Crippen LogP contribution in [0.3, 0.4) is 0 Å². The first-order valence-electron chi connectivity index (χ1n) is 10.4. The molecule has 0 spiro atoms. The molecule has 2 aromatic carbocycles. The van der Waals surface area contributed by atoms with Crippen molar-refractivity contribution in [3.8, 4) is 0 Å². The smallest absolute Gasteiger partial charge is 0.331 e. The standard InChI is InChI=1S/C23H27N3O5/c1-4-5-6-12-30-13-11-25-22-9-7-18(16(2)24-31-17(3)27)14-20(22)21-15-19(26(28)29)8-10-23(21)25/h7-10,14-15H,4-6,11-13H2,1-3H3/b24-16+. The molecule has 3 rings (SSSR count). The molecule has 31 heavy (non-hydrogen) atoms. The van der Waals surface area contributed by atoms with E-state index in [2.05, 4.69) is 16.6 Å². The lowest BCUT2D eigenvalue weighted by molar-refractivity contribution is -0.384. The van der Waals surface area contributed by atoms with Crippen LogP contribution in [0.1, 0.15) is 45.6 Å². The second-order valence-electron chi connectivity index (χ2n) is 7.42. The van der Waals surface area contributed by atoms with Crippen molar-refractivity contribution in [1.82, 2.24) is 4.57 Å². The third kappa shape index (κ3) is 5.27. The Morgan fingerprint density at radius 3 is 2.45 bits per heavy atom. The Labute approximate surface area is 180 Å². The normalized spacial score (nSPS) is 11.9. The number of hydrogen-bond acceptors (Lipinski definition) is 6. The number of aromatic nitrogens is 1. The van der Waals surface area contributed by atoms with Crippen LogP contribution in [-0.2, 0) is 20.9 Å². The van der Waals surface area contributed by atoms with Crippen LogP contribution < -0.4 is 0 Å². The number of ether oxygens (including phenoxy) is 1. The molecule has 0 saturated heterocycles. The van der Waals surface area contributed by atoms with Crippen LogP contribution in [0.5, 0.6) is 0 Å². The third-order valence-electron chi connectivity index (χ3n) is 5.14. The summed E-state index contributed by atoms with van der Waals surface area (Å²) in [6.45, 7) is 7.13. The summed E-state index contributed by atoms with van der Waals surface area (Å²) >= 11 is 0. The van der Waals surface area contributed by atoms with E-state index >= 15 is 0 Å². The maximum absolute atomic E-state index is 11.3. The van der Waals surface area contributed by atoms with Gasteiger partial charge in [-0.05, 0) is 37.1 Å². The number of benzene rings is 2. The van der Waals surface area contributed by atoms with Crippen LogP contribution in [0.2, 0.25) is 0 Å². The van der Waals surface area contributed by atoms with E-state index in [1.54, 1.807) is 19.1 Å². The SMILES string of the molecule is CCCCCOCCn1c2ccc(/C(C)=N/OC(C)=O)cc2c2cc([N+](=O)[O-])ccc21. The molecule has 3 aromatic rings. The Balaban J connectivity index is 2.00. The summed E-state index contributed by atoms with van der Waals surface area (Å²) in [4.78, 5) is 26.7. The molecule has 0 amide bonds. The lowest BCUT2D eigenvalue weighted by atomic mass is 10.1. The minimum Gasteiger partial charge on any atom is -0.380 e. The summed E-state index contributed by atoms with van der Waals surface area (Å²) in [7, 11) is 0. The molecule has 8 nitrogen and oxygen atoms in total. The summed E-state index contributed by atoms with van der Waals surface area (Å²) in [5.74, 6) is -0.494. The van der Waals surface area contributed by atoms with Gasteiger partial charge in [-0.2, -0.15) is 0 Å². The van der Waals surface area contributed by atoms with Crippen molar-refractivity contribution in [2.75, 3.05) is 13.2 Å². The summed E-state index contributed by atoms with van der Waals surface area (Å²) in [6, 6.07) is 10.7. The number of nitrogens with zero attached hydrogens (tertiary/aromatic N) is 3. The second-order valence-corrected chi connectivity index (χ2v) is 7.42. The molecule has 0 aliphatic carbocycles. The van der Waals surface area contributed by atoms with Gasteiger partial charge in [0.05, 0.1) is 17.2 Å². The van der Waals surface area contributed by atoms with Crippen molar-refractivity contribution in [2.45, 2.75) is 46.6 Å². The number of nitro groups is 1. The van der Waals surface area contributed by atoms with Gasteiger partial charge in [0.2, 0.25) is 0 Å². The summed E-state index contributed by atoms with van der Waals surface area (Å²) in [5.41, 5.74) is 3.22. The number of unbranched alkanes of at least 4 members (excludes halogenated alkanes) is 2. The Hall–Kier alpha value is -3.26. The minimum absolute atomic E-state index is 0.0399. The highest BCUT2D eigenvalue weighted by atomic mass is 16.7. The van der Waals surface area contributed by atoms with Gasteiger partial charge in [-0.3, -0.25) is 10.1 Å². The van der Waals surface area contributed by atoms with Gasteiger partial charge >= 0.3 is 5.97 Å². The number of nitro benzene ring substituents is 1. The molecule has 0 aliphatic heterocycles. The van der Waals surface area contributed by atoms with E-state index in [0.29, 0.717) is 18.9 Å². The highest BCUT2D eigenvalue weighted by Crippen LogP contribution is 2.32. The van der Waals surface area contributed by atoms with Gasteiger partial charge in [-0.25, -0.2) is 4.79 Å². The van der Waals surface area contributed by atoms with Gasteiger partial charge in [0.1, 0.15) is 0 Å². The van der Waals surface area contributed by atoms with E-state index in [0.717, 1.165) is 53.2 Å². The monoisotopic (exact) mass is 425 g/mol. The quantitative estimate of drug-likeness (QED) is 0.146. The Bertz CT molecular complexity index is 1130. The summed E-state index contributed by atoms with van der Waals surface area (Å²) in [5, 5.41) is 16.8. The lowest BCUT2D eigenvalue weighted by Gasteiger charge is -2.09. The Morgan fingerprint density at radius 2 is 1.77 bits per heavy atom. The first-order chi connectivity index (χ1) is 14.9. The van der Waals surface area contributed by atoms with Crippen molar-refractivity contribution < 1.29 is 19.3 Å². The average Bonchev–Trinajstić information content (AvgIpc) is 3.06. The van der Waals surface area contributed by atoms with Crippen molar-refractivity contribution >= 4 is 39.2 Å². The van der Waals surface area contributed by atoms with Crippen LogP contribution in [-0.4, -0.2) is 34.4 Å². The molecule has 0 aliphatic rings. The molecule has 0 radical (unpaired) electrons. The zero-order chi connectivity index (χ0) is 22.4. The first kappa shape index (κ1) is 22.4. The van der Waals surface area contributed by atoms with Gasteiger partial charge in [-0.1, -0.05) is 31.0 Å². The van der Waals surface area contributed by atoms with Crippen molar-refractivity contribution in [3.63, 3.8) is 0 Å². The number of rotatable bonds is 10. The first-order valence-corrected chi connectivity index (χ1v) is 10.4. The summed E-state index contributed by atoms with van der Waals surface area (Å²) in [6.07, 6.45) is 3.34. The Morgan fingerprint density at radius 1 is 1.06 bits per heavy atom. The molecule has 0 atom stereocenters. The Kier molecular flexibility index (Phi) is 7.36. The predicted octanol–water partition coefficient (Wildman–Crippen LogP) is 5.20. The molecule has 0 saturated carbocycles. The maximum Gasteiger partial charge on any atom is 0.331 e. The number of carbonyl (C=O) groups is 1. The summed E-state index contributed by atoms with van der Waals surface area (Å²) < 4.78 is 7.91. The van der Waals surface area contributed by atoms with E-state index < -0.39 is 10.9 Å². The van der Waals surface area contributed by atoms with E-state index in [9.17, 15) is 14.9 Å². The molecule has 0 N–H and O–H groups in total. The van der Waals surface area contributed by atoms with Gasteiger partial charge in [0, 0.05) is 54.0 Å². The fourth-order valence-electron chi connectivity index (χ4n) is 3.57. The van der Waals surface area contributed by atoms with Crippen LogP contribution in [0.25, 0.3) is 21.8 Å². The van der Waals surface area contributed by atoms with Crippen LogP contribution >= 0.6 is 0 Å². The molecular weight excluding hydrogens is 398 g/mol. The van der Waals surface area contributed by atoms with Gasteiger partial charge in [0.15, 0.2) is 0 Å². The van der Waals surface area contributed by atoms with Crippen molar-refractivity contribution in [1.29, 1.82) is 0 Å². The molecule has 0 fully saturated rings. The van der Waals surface area contributed by atoms with Gasteiger partial charge in [-0.15, -0.1) is 0 Å². The molecule has 0 unspecified atom stereocenters. The highest BCUT2D eigenvalue weighted by Gasteiger charge is 2.16. The molecule has 164 valence electrons. The zero-order valence-corrected chi connectivity index (χ0v) is 18.1. The van der Waals surface area contributed by atoms with Crippen LogP contribution in [0, 0.1) is 10.1 Å². The number of non-ortho nitro benzene ring substituents is 1. The van der Waals surface area contributed by atoms with Crippen LogP contribution in [0.15, 0.2) is 41.6 Å². The number of fused-ring (bicyclic) bond motifs is 3. The van der Waals surface area contributed by atoms with E-state index in [1.165, 1.54) is 13.0 Å². The lowest BCUT2D eigenvalue weighted by Crippen LogP contribution is -2.07. The topological polar surface area (TPSA) is 96.0 Å². The fraction of sp³-hybridized carbons (Fsp3) is 0.391.